The van der Waals surface area contributed by atoms with E-state index in [0.717, 1.165) is 0 Å². The molecule has 0 aromatic carbocycles. The summed E-state index contributed by atoms with van der Waals surface area (Å²) in [4.78, 5) is 2.50. The van der Waals surface area contributed by atoms with Gasteiger partial charge in [0.25, 0.3) is 0 Å². The molecule has 0 radical (unpaired) electrons. The van der Waals surface area contributed by atoms with Crippen LogP contribution >= 0.6 is 0 Å². The SMILES string of the molecule is CC(C)N(C(C)C)C(C)C.[Zr]. The molecule has 0 N–H and O–H groups in total. The summed E-state index contributed by atoms with van der Waals surface area (Å²) in [5.74, 6) is 0. The van der Waals surface area contributed by atoms with Gasteiger partial charge in [-0.2, -0.15) is 0 Å². The zero-order valence-electron chi connectivity index (χ0n) is 8.68. The fourth-order valence-corrected chi connectivity index (χ4v) is 1.79. The van der Waals surface area contributed by atoms with E-state index in [1.807, 2.05) is 0 Å². The van der Waals surface area contributed by atoms with E-state index in [0.29, 0.717) is 18.1 Å². The molecule has 2 heteroatoms. The Morgan fingerprint density at radius 3 is 0.818 bits per heavy atom. The Morgan fingerprint density at radius 1 is 0.636 bits per heavy atom. The minimum atomic E-state index is 0. The monoisotopic (exact) mass is 233 g/mol. The molecule has 66 valence electrons. The maximum Gasteiger partial charge on any atom is 0.00439 e. The molecule has 0 fully saturated rings. The van der Waals surface area contributed by atoms with Crippen LogP contribution in [0.2, 0.25) is 0 Å². The maximum atomic E-state index is 2.50. The zero-order valence-corrected chi connectivity index (χ0v) is 11.1. The van der Waals surface area contributed by atoms with Crippen molar-refractivity contribution in [3.63, 3.8) is 0 Å². The summed E-state index contributed by atoms with van der Waals surface area (Å²) in [5, 5.41) is 0. The van der Waals surface area contributed by atoms with Crippen LogP contribution in [-0.2, 0) is 26.2 Å². The van der Waals surface area contributed by atoms with Crippen LogP contribution < -0.4 is 0 Å². The summed E-state index contributed by atoms with van der Waals surface area (Å²) in [7, 11) is 0. The van der Waals surface area contributed by atoms with Gasteiger partial charge in [-0.1, -0.05) is 0 Å². The average Bonchev–Trinajstić information content (AvgIpc) is 1.59. The van der Waals surface area contributed by atoms with Gasteiger partial charge >= 0.3 is 0 Å². The predicted octanol–water partition coefficient (Wildman–Crippen LogP) is 2.51. The van der Waals surface area contributed by atoms with Crippen molar-refractivity contribution in [1.82, 2.24) is 4.90 Å². The van der Waals surface area contributed by atoms with Crippen molar-refractivity contribution >= 4 is 0 Å². The molecular weight excluding hydrogens is 213 g/mol. The molecule has 0 spiro atoms. The second-order valence-electron chi connectivity index (χ2n) is 3.73. The number of hydrogen-bond donors (Lipinski definition) is 0. The molecule has 0 saturated carbocycles. The molecule has 0 unspecified atom stereocenters. The molecule has 0 atom stereocenters. The van der Waals surface area contributed by atoms with E-state index in [2.05, 4.69) is 46.4 Å². The van der Waals surface area contributed by atoms with Crippen LogP contribution in [-0.4, -0.2) is 23.0 Å². The Hall–Kier alpha value is 0.843. The van der Waals surface area contributed by atoms with Gasteiger partial charge in [-0.05, 0) is 41.5 Å². The van der Waals surface area contributed by atoms with Crippen molar-refractivity contribution in [2.24, 2.45) is 0 Å². The van der Waals surface area contributed by atoms with E-state index in [9.17, 15) is 0 Å². The summed E-state index contributed by atoms with van der Waals surface area (Å²) >= 11 is 0. The fraction of sp³-hybridized carbons (Fsp3) is 1.00. The largest absolute Gasteiger partial charge is 0.296 e. The third-order valence-electron chi connectivity index (χ3n) is 1.79. The molecule has 1 nitrogen and oxygen atoms in total. The first-order valence-corrected chi connectivity index (χ1v) is 4.24. The van der Waals surface area contributed by atoms with Gasteiger partial charge in [-0.25, -0.2) is 0 Å². The topological polar surface area (TPSA) is 3.24 Å². The molecule has 0 amide bonds. The minimum Gasteiger partial charge on any atom is -0.296 e. The summed E-state index contributed by atoms with van der Waals surface area (Å²) in [6, 6.07) is 2.00. The van der Waals surface area contributed by atoms with Crippen LogP contribution in [0.1, 0.15) is 41.5 Å². The Morgan fingerprint density at radius 2 is 0.818 bits per heavy atom. The number of nitrogens with zero attached hydrogens (tertiary/aromatic N) is 1. The van der Waals surface area contributed by atoms with Gasteiger partial charge in [0.05, 0.1) is 0 Å². The fourth-order valence-electron chi connectivity index (χ4n) is 1.79. The Balaban J connectivity index is 0. The maximum absolute atomic E-state index is 2.50. The molecule has 0 aromatic heterocycles. The van der Waals surface area contributed by atoms with Crippen molar-refractivity contribution in [2.75, 3.05) is 0 Å². The second-order valence-corrected chi connectivity index (χ2v) is 3.73. The predicted molar refractivity (Wildman–Crippen MR) is 47.2 cm³/mol. The third-order valence-corrected chi connectivity index (χ3v) is 1.79. The zero-order chi connectivity index (χ0) is 8.31. The van der Waals surface area contributed by atoms with E-state index in [-0.39, 0.29) is 26.2 Å². The minimum absolute atomic E-state index is 0. The molecule has 0 bridgehead atoms. The Bertz CT molecular complexity index is 70.5. The molecule has 0 aliphatic carbocycles. The average molecular weight is 234 g/mol. The summed E-state index contributed by atoms with van der Waals surface area (Å²) in [5.41, 5.74) is 0. The van der Waals surface area contributed by atoms with Crippen molar-refractivity contribution in [3.05, 3.63) is 0 Å². The Labute approximate surface area is 90.7 Å². The third kappa shape index (κ3) is 5.14. The van der Waals surface area contributed by atoms with Gasteiger partial charge in [-0.3, -0.25) is 4.90 Å². The quantitative estimate of drug-likeness (QED) is 0.725. The normalized spacial score (nSPS) is 11.5. The van der Waals surface area contributed by atoms with Gasteiger partial charge < -0.3 is 0 Å². The van der Waals surface area contributed by atoms with Crippen molar-refractivity contribution in [3.8, 4) is 0 Å². The smallest absolute Gasteiger partial charge is 0.00439 e. The Kier molecular flexibility index (Phi) is 8.32. The van der Waals surface area contributed by atoms with E-state index in [1.54, 1.807) is 0 Å². The van der Waals surface area contributed by atoms with Crippen molar-refractivity contribution in [2.45, 2.75) is 59.7 Å². The molecule has 11 heavy (non-hydrogen) atoms. The molecule has 0 aliphatic rings. The molecule has 0 aliphatic heterocycles. The molecule has 0 saturated heterocycles. The van der Waals surface area contributed by atoms with Crippen LogP contribution in [0.25, 0.3) is 0 Å². The van der Waals surface area contributed by atoms with Crippen LogP contribution in [0.4, 0.5) is 0 Å². The van der Waals surface area contributed by atoms with Crippen LogP contribution in [0.5, 0.6) is 0 Å². The summed E-state index contributed by atoms with van der Waals surface area (Å²) in [6.45, 7) is 13.5. The van der Waals surface area contributed by atoms with Crippen molar-refractivity contribution < 1.29 is 26.2 Å². The summed E-state index contributed by atoms with van der Waals surface area (Å²) in [6.07, 6.45) is 0. The van der Waals surface area contributed by atoms with E-state index >= 15 is 0 Å². The molecule has 0 rings (SSSR count). The van der Waals surface area contributed by atoms with Crippen LogP contribution in [0, 0.1) is 0 Å². The van der Waals surface area contributed by atoms with Crippen molar-refractivity contribution in [1.29, 1.82) is 0 Å². The van der Waals surface area contributed by atoms with Gasteiger partial charge in [0.15, 0.2) is 0 Å². The molecule has 0 aromatic rings. The van der Waals surface area contributed by atoms with Gasteiger partial charge in [0, 0.05) is 44.3 Å². The summed E-state index contributed by atoms with van der Waals surface area (Å²) < 4.78 is 0. The standard InChI is InChI=1S/C9H21N.Zr/c1-7(2)10(8(3)4)9(5)6;/h7-9H,1-6H3;. The number of hydrogen-bond acceptors (Lipinski definition) is 1. The first-order valence-electron chi connectivity index (χ1n) is 4.24. The molecule has 0 heterocycles. The van der Waals surface area contributed by atoms with Crippen LogP contribution in [0.3, 0.4) is 0 Å². The molecular formula is C9H21NZr. The number of rotatable bonds is 3. The van der Waals surface area contributed by atoms with Gasteiger partial charge in [0.1, 0.15) is 0 Å². The van der Waals surface area contributed by atoms with E-state index < -0.39 is 0 Å². The van der Waals surface area contributed by atoms with E-state index in [4.69, 9.17) is 0 Å². The van der Waals surface area contributed by atoms with Crippen LogP contribution in [0.15, 0.2) is 0 Å². The second kappa shape index (κ2) is 6.37. The van der Waals surface area contributed by atoms with Gasteiger partial charge in [0.2, 0.25) is 0 Å². The van der Waals surface area contributed by atoms with E-state index in [1.165, 1.54) is 0 Å². The van der Waals surface area contributed by atoms with Gasteiger partial charge in [-0.15, -0.1) is 0 Å². The first-order chi connectivity index (χ1) is 4.46. The first kappa shape index (κ1) is 14.4.